The molecule has 7 nitrogen and oxygen atoms in total. The van der Waals surface area contributed by atoms with E-state index in [2.05, 4.69) is 37.7 Å². The minimum atomic E-state index is 0.144. The summed E-state index contributed by atoms with van der Waals surface area (Å²) in [6.07, 6.45) is 11.3. The summed E-state index contributed by atoms with van der Waals surface area (Å²) in [5.74, 6) is 0.144. The molecule has 2 heterocycles. The Kier molecular flexibility index (Phi) is 12.9. The number of hydrogen-bond donors (Lipinski definition) is 3. The van der Waals surface area contributed by atoms with Crippen LogP contribution < -0.4 is 16.0 Å². The Morgan fingerprint density at radius 2 is 1.24 bits per heavy atom. The molecule has 0 saturated heterocycles. The molecule has 0 saturated carbocycles. The molecule has 0 aliphatic carbocycles. The zero-order chi connectivity index (χ0) is 29.6. The lowest BCUT2D eigenvalue weighted by Crippen LogP contribution is -2.39. The number of fused-ring (bicyclic) bond motifs is 2. The topological polar surface area (TPSA) is 82.2 Å². The Bertz CT molecular complexity index is 1340. The van der Waals surface area contributed by atoms with Crippen LogP contribution in [0.5, 0.6) is 0 Å². The highest BCUT2D eigenvalue weighted by atomic mass is 35.5. The van der Waals surface area contributed by atoms with Crippen LogP contribution in [0.1, 0.15) is 51.9 Å². The predicted molar refractivity (Wildman–Crippen MR) is 178 cm³/mol. The molecule has 0 aliphatic rings. The van der Waals surface area contributed by atoms with Crippen LogP contribution in [0.25, 0.3) is 21.8 Å². The first-order valence-corrected chi connectivity index (χ1v) is 15.8. The average Bonchev–Trinajstić information content (AvgIpc) is 2.98. The van der Waals surface area contributed by atoms with Gasteiger partial charge in [0.15, 0.2) is 0 Å². The Balaban J connectivity index is 1.30. The summed E-state index contributed by atoms with van der Waals surface area (Å²) in [6, 6.07) is 15.5. The van der Waals surface area contributed by atoms with Crippen LogP contribution in [-0.4, -0.2) is 60.0 Å². The molecule has 4 rings (SSSR count). The highest BCUT2D eigenvalue weighted by Crippen LogP contribution is 2.25. The van der Waals surface area contributed by atoms with E-state index in [0.717, 1.165) is 78.7 Å². The van der Waals surface area contributed by atoms with Gasteiger partial charge in [0.05, 0.1) is 11.0 Å². The maximum absolute atomic E-state index is 12.4. The third-order valence-corrected chi connectivity index (χ3v) is 7.87. The molecule has 0 fully saturated rings. The molecule has 0 aliphatic heterocycles. The van der Waals surface area contributed by atoms with E-state index in [1.165, 1.54) is 25.7 Å². The van der Waals surface area contributed by atoms with Crippen LogP contribution in [-0.2, 0) is 4.79 Å². The minimum Gasteiger partial charge on any atom is -0.383 e. The summed E-state index contributed by atoms with van der Waals surface area (Å²) < 4.78 is 0. The first kappa shape index (κ1) is 31.8. The summed E-state index contributed by atoms with van der Waals surface area (Å²) in [4.78, 5) is 23.7. The van der Waals surface area contributed by atoms with E-state index in [-0.39, 0.29) is 5.91 Å². The number of nitrogens with one attached hydrogen (secondary N) is 3. The van der Waals surface area contributed by atoms with Gasteiger partial charge in [-0.25, -0.2) is 0 Å². The highest BCUT2D eigenvalue weighted by Gasteiger charge is 2.09. The van der Waals surface area contributed by atoms with Gasteiger partial charge in [-0.05, 0) is 55.0 Å². The summed E-state index contributed by atoms with van der Waals surface area (Å²) in [6.45, 7) is 6.76. The number of halogens is 2. The van der Waals surface area contributed by atoms with Gasteiger partial charge in [-0.15, -0.1) is 0 Å². The zero-order valence-corrected chi connectivity index (χ0v) is 26.0. The number of carbonyl (C=O) groups excluding carboxylic acids is 1. The van der Waals surface area contributed by atoms with Crippen LogP contribution >= 0.6 is 23.2 Å². The number of pyridine rings is 2. The van der Waals surface area contributed by atoms with Crippen molar-refractivity contribution >= 4 is 62.3 Å². The van der Waals surface area contributed by atoms with E-state index in [1.54, 1.807) is 12.4 Å². The molecule has 3 N–H and O–H groups in total. The van der Waals surface area contributed by atoms with Crippen LogP contribution in [0.4, 0.5) is 11.4 Å². The molecule has 9 heteroatoms. The van der Waals surface area contributed by atoms with E-state index in [0.29, 0.717) is 23.0 Å². The summed E-state index contributed by atoms with van der Waals surface area (Å²) in [5, 5.41) is 13.7. The van der Waals surface area contributed by atoms with Crippen molar-refractivity contribution in [1.29, 1.82) is 0 Å². The van der Waals surface area contributed by atoms with Crippen molar-refractivity contribution < 1.29 is 4.79 Å². The summed E-state index contributed by atoms with van der Waals surface area (Å²) in [5.41, 5.74) is 3.80. The number of amides is 1. The Morgan fingerprint density at radius 1 is 0.714 bits per heavy atom. The van der Waals surface area contributed by atoms with Gasteiger partial charge in [0.2, 0.25) is 5.91 Å². The van der Waals surface area contributed by atoms with E-state index in [9.17, 15) is 4.79 Å². The molecule has 224 valence electrons. The highest BCUT2D eigenvalue weighted by molar-refractivity contribution is 6.31. The van der Waals surface area contributed by atoms with Gasteiger partial charge in [0.25, 0.3) is 0 Å². The fraction of sp³-hybridized carbons (Fsp3) is 0.424. The quantitative estimate of drug-likeness (QED) is 0.100. The van der Waals surface area contributed by atoms with Gasteiger partial charge < -0.3 is 16.0 Å². The van der Waals surface area contributed by atoms with Gasteiger partial charge in [-0.3, -0.25) is 19.7 Å². The van der Waals surface area contributed by atoms with Crippen molar-refractivity contribution in [2.75, 3.05) is 49.9 Å². The minimum absolute atomic E-state index is 0.144. The lowest BCUT2D eigenvalue weighted by Gasteiger charge is -2.24. The van der Waals surface area contributed by atoms with Crippen molar-refractivity contribution in [3.63, 3.8) is 0 Å². The van der Waals surface area contributed by atoms with Gasteiger partial charge in [-0.2, -0.15) is 0 Å². The summed E-state index contributed by atoms with van der Waals surface area (Å²) in [7, 11) is 0. The first-order valence-electron chi connectivity index (χ1n) is 15.1. The number of carbonyl (C=O) groups is 1. The van der Waals surface area contributed by atoms with E-state index >= 15 is 0 Å². The van der Waals surface area contributed by atoms with Crippen molar-refractivity contribution in [1.82, 2.24) is 20.2 Å². The lowest BCUT2D eigenvalue weighted by molar-refractivity contribution is -0.121. The van der Waals surface area contributed by atoms with E-state index in [1.807, 2.05) is 48.5 Å². The predicted octanol–water partition coefficient (Wildman–Crippen LogP) is 7.78. The number of unbranched alkanes of at least 4 members (excludes halogenated alkanes) is 5. The molecule has 1 amide bonds. The monoisotopic (exact) mass is 608 g/mol. The van der Waals surface area contributed by atoms with E-state index in [4.69, 9.17) is 23.2 Å². The normalized spacial score (nSPS) is 11.3. The second-order valence-corrected chi connectivity index (χ2v) is 11.5. The van der Waals surface area contributed by atoms with Crippen LogP contribution in [0.15, 0.2) is 60.9 Å². The third-order valence-electron chi connectivity index (χ3n) is 7.40. The molecular weight excluding hydrogens is 567 g/mol. The van der Waals surface area contributed by atoms with E-state index < -0.39 is 0 Å². The van der Waals surface area contributed by atoms with Gasteiger partial charge in [0, 0.05) is 90.3 Å². The average molecular weight is 610 g/mol. The zero-order valence-electron chi connectivity index (χ0n) is 24.5. The molecule has 0 bridgehead atoms. The van der Waals surface area contributed by atoms with Crippen molar-refractivity contribution in [2.45, 2.75) is 51.9 Å². The number of benzene rings is 2. The summed E-state index contributed by atoms with van der Waals surface area (Å²) >= 11 is 12.3. The maximum atomic E-state index is 12.4. The Morgan fingerprint density at radius 3 is 1.81 bits per heavy atom. The molecule has 2 aromatic heterocycles. The second kappa shape index (κ2) is 17.1. The fourth-order valence-electron chi connectivity index (χ4n) is 5.09. The number of rotatable bonds is 18. The largest absolute Gasteiger partial charge is 0.383 e. The standard InChI is InChI=1S/C33H42Cl2N6O/c1-2-3-4-5-6-7-8-33(42)40-19-22-41(20-17-38-29-13-15-36-31-23-25(34)9-11-27(29)31)21-18-39-30-14-16-37-32-24-26(35)10-12-28(30)32/h9-16,23-24H,2-8,17-22H2,1H3,(H,36,38)(H,37,39)(H,40,42). The van der Waals surface area contributed by atoms with Gasteiger partial charge in [0.1, 0.15) is 0 Å². The number of hydrogen-bond acceptors (Lipinski definition) is 6. The fourth-order valence-corrected chi connectivity index (χ4v) is 5.42. The van der Waals surface area contributed by atoms with Crippen molar-refractivity contribution in [3.8, 4) is 0 Å². The lowest BCUT2D eigenvalue weighted by atomic mass is 10.1. The molecular formula is C33H42Cl2N6O. The van der Waals surface area contributed by atoms with Gasteiger partial charge in [-0.1, -0.05) is 62.2 Å². The third kappa shape index (κ3) is 10.0. The molecule has 0 atom stereocenters. The smallest absolute Gasteiger partial charge is 0.220 e. The van der Waals surface area contributed by atoms with Crippen molar-refractivity contribution in [2.24, 2.45) is 0 Å². The molecule has 2 aromatic carbocycles. The number of anilines is 2. The molecule has 4 aromatic rings. The van der Waals surface area contributed by atoms with Gasteiger partial charge >= 0.3 is 0 Å². The number of aromatic nitrogens is 2. The Hall–Kier alpha value is -3.13. The SMILES string of the molecule is CCCCCCCCC(=O)NCCN(CCNc1ccnc2cc(Cl)ccc12)CCNc1ccnc2cc(Cl)ccc12. The maximum Gasteiger partial charge on any atom is 0.220 e. The van der Waals surface area contributed by atoms with Crippen LogP contribution in [0, 0.1) is 0 Å². The number of nitrogens with zero attached hydrogens (tertiary/aromatic N) is 3. The first-order chi connectivity index (χ1) is 20.5. The van der Waals surface area contributed by atoms with Crippen molar-refractivity contribution in [3.05, 3.63) is 71.0 Å². The molecule has 0 spiro atoms. The molecule has 0 unspecified atom stereocenters. The molecule has 0 radical (unpaired) electrons. The van der Waals surface area contributed by atoms with Crippen LogP contribution in [0.3, 0.4) is 0 Å². The second-order valence-electron chi connectivity index (χ2n) is 10.6. The molecule has 42 heavy (non-hydrogen) atoms. The Labute approximate surface area is 259 Å². The van der Waals surface area contributed by atoms with Crippen LogP contribution in [0.2, 0.25) is 10.0 Å².